The lowest BCUT2D eigenvalue weighted by Crippen LogP contribution is -2.43. The van der Waals surface area contributed by atoms with Crippen LogP contribution in [0.1, 0.15) is 84.7 Å². The first-order valence-corrected chi connectivity index (χ1v) is 15.8. The van der Waals surface area contributed by atoms with Crippen molar-refractivity contribution >= 4 is 5.57 Å². The van der Waals surface area contributed by atoms with Crippen LogP contribution in [0.5, 0.6) is 0 Å². The Balaban J connectivity index is 1.62. The van der Waals surface area contributed by atoms with Crippen molar-refractivity contribution in [2.45, 2.75) is 74.1 Å². The molecule has 0 N–H and O–H groups in total. The van der Waals surface area contributed by atoms with E-state index in [1.54, 1.807) is 27.9 Å². The van der Waals surface area contributed by atoms with E-state index in [9.17, 15) is 0 Å². The largest absolute Gasteiger partial charge is 0.0679 e. The van der Waals surface area contributed by atoms with E-state index in [-0.39, 0.29) is 10.8 Å². The summed E-state index contributed by atoms with van der Waals surface area (Å²) in [5, 5.41) is 0. The van der Waals surface area contributed by atoms with Crippen molar-refractivity contribution in [1.29, 1.82) is 0 Å². The summed E-state index contributed by atoms with van der Waals surface area (Å²) >= 11 is 0. The zero-order valence-electron chi connectivity index (χ0n) is 26.9. The molecular weight excluding hydrogens is 504 g/mol. The maximum Gasteiger partial charge on any atom is 0.0679 e. The topological polar surface area (TPSA) is 0 Å². The molecule has 42 heavy (non-hydrogen) atoms. The maximum atomic E-state index is 2.48. The van der Waals surface area contributed by atoms with Crippen LogP contribution >= 0.6 is 0 Å². The Kier molecular flexibility index (Phi) is 5.95. The second kappa shape index (κ2) is 9.18. The normalized spacial score (nSPS) is 18.5. The standard InChI is InChI=1S/C42H44/c1-24(2)35-37(36-28(6)27(5)22-33-32-21-26(4)25(3)20-29(32)23-34(33)36)39-40(41(7,8)9)38(35)42(39,30-16-12-10-13-17-30)31-18-14-11-15-19-31/h10-22,24,35H,23H2,1-9H3. The Morgan fingerprint density at radius 3 is 1.81 bits per heavy atom. The molecule has 1 unspecified atom stereocenters. The summed E-state index contributed by atoms with van der Waals surface area (Å²) in [4.78, 5) is 0. The number of benzene rings is 4. The highest BCUT2D eigenvalue weighted by Gasteiger charge is 2.64. The molecule has 0 heterocycles. The lowest BCUT2D eigenvalue weighted by molar-refractivity contribution is 0.424. The van der Waals surface area contributed by atoms with Crippen LogP contribution in [0.15, 0.2) is 95.6 Å². The number of hydrogen-bond donors (Lipinski definition) is 0. The molecule has 0 radical (unpaired) electrons. The minimum absolute atomic E-state index is 0.0602. The minimum Gasteiger partial charge on any atom is -0.0622 e. The first kappa shape index (κ1) is 27.2. The van der Waals surface area contributed by atoms with Crippen LogP contribution in [0, 0.1) is 44.9 Å². The van der Waals surface area contributed by atoms with Crippen molar-refractivity contribution in [2.75, 3.05) is 0 Å². The van der Waals surface area contributed by atoms with Gasteiger partial charge in [0.15, 0.2) is 0 Å². The van der Waals surface area contributed by atoms with E-state index in [2.05, 4.69) is 141 Å². The van der Waals surface area contributed by atoms with Gasteiger partial charge in [-0.15, -0.1) is 0 Å². The molecule has 1 atom stereocenters. The van der Waals surface area contributed by atoms with Crippen LogP contribution in [0.4, 0.5) is 0 Å². The SMILES string of the molecule is Cc1cc2c(cc1C)-c1cc(C)c(C)c(C3=C4C(C(C)(C)C)=C(C3C(C)C)C4(c3ccccc3)c3ccccc3)c1C2. The Morgan fingerprint density at radius 1 is 0.714 bits per heavy atom. The van der Waals surface area contributed by atoms with Gasteiger partial charge in [-0.05, 0) is 129 Å². The molecule has 0 saturated heterocycles. The van der Waals surface area contributed by atoms with Gasteiger partial charge in [-0.1, -0.05) is 113 Å². The monoisotopic (exact) mass is 548 g/mol. The van der Waals surface area contributed by atoms with Crippen LogP contribution in [-0.4, -0.2) is 0 Å². The van der Waals surface area contributed by atoms with Crippen molar-refractivity contribution in [1.82, 2.24) is 0 Å². The summed E-state index contributed by atoms with van der Waals surface area (Å²) in [5.74, 6) is 0.870. The molecule has 4 aliphatic rings. The molecule has 4 aliphatic carbocycles. The molecule has 2 bridgehead atoms. The van der Waals surface area contributed by atoms with Crippen LogP contribution in [-0.2, 0) is 11.8 Å². The Morgan fingerprint density at radius 2 is 1.26 bits per heavy atom. The van der Waals surface area contributed by atoms with Gasteiger partial charge in [-0.25, -0.2) is 0 Å². The molecule has 0 aromatic heterocycles. The molecule has 0 amide bonds. The second-order valence-corrected chi connectivity index (χ2v) is 14.5. The third-order valence-electron chi connectivity index (χ3n) is 10.6. The fraction of sp³-hybridized carbons (Fsp3) is 0.333. The van der Waals surface area contributed by atoms with E-state index >= 15 is 0 Å². The highest BCUT2D eigenvalue weighted by Crippen LogP contribution is 2.73. The second-order valence-electron chi connectivity index (χ2n) is 14.5. The first-order chi connectivity index (χ1) is 20.0. The predicted octanol–water partition coefficient (Wildman–Crippen LogP) is 10.9. The average Bonchev–Trinajstić information content (AvgIpc) is 3.58. The maximum absolute atomic E-state index is 2.48. The van der Waals surface area contributed by atoms with Crippen molar-refractivity contribution in [2.24, 2.45) is 17.3 Å². The fourth-order valence-corrected chi connectivity index (χ4v) is 8.70. The van der Waals surface area contributed by atoms with E-state index in [1.807, 2.05) is 0 Å². The molecule has 8 rings (SSSR count). The third kappa shape index (κ3) is 3.48. The highest BCUT2D eigenvalue weighted by molar-refractivity contribution is 5.99. The molecule has 0 aliphatic heterocycles. The van der Waals surface area contributed by atoms with E-state index in [0.717, 1.165) is 6.42 Å². The number of fused-ring (bicyclic) bond motifs is 4. The third-order valence-corrected chi connectivity index (χ3v) is 10.6. The predicted molar refractivity (Wildman–Crippen MR) is 179 cm³/mol. The van der Waals surface area contributed by atoms with E-state index in [4.69, 9.17) is 0 Å². The summed E-state index contributed by atoms with van der Waals surface area (Å²) in [7, 11) is 0. The van der Waals surface area contributed by atoms with Gasteiger partial charge in [-0.2, -0.15) is 0 Å². The summed E-state index contributed by atoms with van der Waals surface area (Å²) in [5.41, 5.74) is 22.2. The summed E-state index contributed by atoms with van der Waals surface area (Å²) in [6, 6.07) is 30.1. The highest BCUT2D eigenvalue weighted by atomic mass is 14.7. The molecule has 4 aromatic carbocycles. The van der Waals surface area contributed by atoms with E-state index < -0.39 is 0 Å². The van der Waals surface area contributed by atoms with E-state index in [1.165, 1.54) is 55.6 Å². The number of hydrogen-bond acceptors (Lipinski definition) is 0. The van der Waals surface area contributed by atoms with Crippen LogP contribution in [0.2, 0.25) is 0 Å². The van der Waals surface area contributed by atoms with E-state index in [0.29, 0.717) is 11.8 Å². The summed E-state index contributed by atoms with van der Waals surface area (Å²) in [6.07, 6.45) is 1.02. The van der Waals surface area contributed by atoms with Crippen molar-refractivity contribution in [3.05, 3.63) is 146 Å². The molecule has 4 aromatic rings. The van der Waals surface area contributed by atoms with Gasteiger partial charge >= 0.3 is 0 Å². The summed E-state index contributed by atoms with van der Waals surface area (Å²) in [6.45, 7) is 21.4. The Bertz CT molecular complexity index is 1780. The van der Waals surface area contributed by atoms with Gasteiger partial charge < -0.3 is 0 Å². The fourth-order valence-electron chi connectivity index (χ4n) is 8.70. The smallest absolute Gasteiger partial charge is 0.0622 e. The molecule has 0 saturated carbocycles. The van der Waals surface area contributed by atoms with Crippen molar-refractivity contribution in [3.63, 3.8) is 0 Å². The van der Waals surface area contributed by atoms with Gasteiger partial charge in [0, 0.05) is 5.92 Å². The van der Waals surface area contributed by atoms with Crippen LogP contribution < -0.4 is 0 Å². The summed E-state index contributed by atoms with van der Waals surface area (Å²) < 4.78 is 0. The lowest BCUT2D eigenvalue weighted by Gasteiger charge is -2.51. The minimum atomic E-state index is -0.211. The van der Waals surface area contributed by atoms with Crippen LogP contribution in [0.25, 0.3) is 16.7 Å². The molecule has 0 fully saturated rings. The van der Waals surface area contributed by atoms with Gasteiger partial charge in [0.05, 0.1) is 5.41 Å². The Labute approximate surface area is 253 Å². The van der Waals surface area contributed by atoms with Gasteiger partial charge in [0.2, 0.25) is 0 Å². The van der Waals surface area contributed by atoms with Gasteiger partial charge in [-0.3, -0.25) is 0 Å². The number of rotatable bonds is 4. The average molecular weight is 549 g/mol. The molecule has 0 heteroatoms. The number of allylic oxidation sites excluding steroid dienone is 4. The molecule has 212 valence electrons. The Hall–Kier alpha value is -3.64. The zero-order chi connectivity index (χ0) is 29.7. The number of aryl methyl sites for hydroxylation is 3. The van der Waals surface area contributed by atoms with Crippen LogP contribution in [0.3, 0.4) is 0 Å². The first-order valence-electron chi connectivity index (χ1n) is 15.8. The lowest BCUT2D eigenvalue weighted by atomic mass is 9.51. The molecule has 0 nitrogen and oxygen atoms in total. The van der Waals surface area contributed by atoms with Gasteiger partial charge in [0.25, 0.3) is 0 Å². The van der Waals surface area contributed by atoms with Crippen molar-refractivity contribution in [3.8, 4) is 11.1 Å². The van der Waals surface area contributed by atoms with Crippen molar-refractivity contribution < 1.29 is 0 Å². The zero-order valence-corrected chi connectivity index (χ0v) is 26.9. The molecular formula is C42H44. The van der Waals surface area contributed by atoms with Gasteiger partial charge in [0.1, 0.15) is 0 Å². The molecule has 0 spiro atoms. The quantitative estimate of drug-likeness (QED) is 0.209.